The molecule has 21 heavy (non-hydrogen) atoms. The van der Waals surface area contributed by atoms with Crippen LogP contribution in [0.25, 0.3) is 0 Å². The van der Waals surface area contributed by atoms with Gasteiger partial charge in [-0.05, 0) is 30.3 Å². The van der Waals surface area contributed by atoms with Crippen LogP contribution in [-0.2, 0) is 0 Å². The van der Waals surface area contributed by atoms with Crippen LogP contribution >= 0.6 is 0 Å². The second kappa shape index (κ2) is 6.41. The monoisotopic (exact) mass is 281 g/mol. The van der Waals surface area contributed by atoms with E-state index in [4.69, 9.17) is 0 Å². The molecule has 1 fully saturated rings. The molecule has 4 nitrogen and oxygen atoms in total. The van der Waals surface area contributed by atoms with Crippen LogP contribution < -0.4 is 15.5 Å². The molecule has 1 aliphatic heterocycles. The molecular formula is C17H19N3O. The third kappa shape index (κ3) is 3.41. The number of rotatable bonds is 3. The molecule has 0 spiro atoms. The van der Waals surface area contributed by atoms with Gasteiger partial charge in [0.1, 0.15) is 0 Å². The van der Waals surface area contributed by atoms with Crippen LogP contribution in [0.4, 0.5) is 11.4 Å². The standard InChI is InChI=1S/C17H19N3O/c21-17(14-5-2-1-3-6-14)19-15-7-4-8-16(13-15)20-11-9-18-10-12-20/h1-8,13,18H,9-12H2,(H,19,21). The van der Waals surface area contributed by atoms with Crippen molar-refractivity contribution in [3.63, 3.8) is 0 Å². The largest absolute Gasteiger partial charge is 0.369 e. The second-order valence-electron chi connectivity index (χ2n) is 5.11. The number of piperazine rings is 1. The smallest absolute Gasteiger partial charge is 0.255 e. The molecule has 4 heteroatoms. The number of anilines is 2. The summed E-state index contributed by atoms with van der Waals surface area (Å²) in [5, 5.41) is 6.30. The zero-order valence-corrected chi connectivity index (χ0v) is 11.9. The van der Waals surface area contributed by atoms with Crippen LogP contribution in [-0.4, -0.2) is 32.1 Å². The Morgan fingerprint density at radius 1 is 1.00 bits per heavy atom. The van der Waals surface area contributed by atoms with Crippen molar-refractivity contribution in [2.45, 2.75) is 0 Å². The van der Waals surface area contributed by atoms with Crippen LogP contribution in [0, 0.1) is 0 Å². The maximum atomic E-state index is 12.2. The molecule has 0 aliphatic carbocycles. The summed E-state index contributed by atoms with van der Waals surface area (Å²) in [5.41, 5.74) is 2.66. The van der Waals surface area contributed by atoms with E-state index in [-0.39, 0.29) is 5.91 Å². The van der Waals surface area contributed by atoms with Gasteiger partial charge in [0.05, 0.1) is 0 Å². The highest BCUT2D eigenvalue weighted by Gasteiger charge is 2.11. The molecule has 1 heterocycles. The summed E-state index contributed by atoms with van der Waals surface area (Å²) < 4.78 is 0. The fourth-order valence-corrected chi connectivity index (χ4v) is 2.50. The number of amides is 1. The van der Waals surface area contributed by atoms with Gasteiger partial charge in [-0.15, -0.1) is 0 Å². The van der Waals surface area contributed by atoms with E-state index in [0.717, 1.165) is 37.6 Å². The molecule has 108 valence electrons. The number of nitrogens with one attached hydrogen (secondary N) is 2. The maximum Gasteiger partial charge on any atom is 0.255 e. The summed E-state index contributed by atoms with van der Waals surface area (Å²) in [6, 6.07) is 17.3. The molecule has 0 bridgehead atoms. The van der Waals surface area contributed by atoms with Gasteiger partial charge in [0.25, 0.3) is 5.91 Å². The first-order valence-corrected chi connectivity index (χ1v) is 7.25. The number of benzene rings is 2. The van der Waals surface area contributed by atoms with Crippen molar-refractivity contribution in [2.75, 3.05) is 36.4 Å². The third-order valence-electron chi connectivity index (χ3n) is 3.62. The summed E-state index contributed by atoms with van der Waals surface area (Å²) in [4.78, 5) is 14.5. The van der Waals surface area contributed by atoms with Crippen molar-refractivity contribution in [3.05, 3.63) is 60.2 Å². The van der Waals surface area contributed by atoms with Gasteiger partial charge >= 0.3 is 0 Å². The highest BCUT2D eigenvalue weighted by atomic mass is 16.1. The van der Waals surface area contributed by atoms with E-state index in [9.17, 15) is 4.79 Å². The van der Waals surface area contributed by atoms with E-state index < -0.39 is 0 Å². The van der Waals surface area contributed by atoms with Gasteiger partial charge in [0.15, 0.2) is 0 Å². The van der Waals surface area contributed by atoms with Gasteiger partial charge in [0.2, 0.25) is 0 Å². The molecule has 0 atom stereocenters. The van der Waals surface area contributed by atoms with Gasteiger partial charge in [-0.25, -0.2) is 0 Å². The Balaban J connectivity index is 1.72. The van der Waals surface area contributed by atoms with E-state index >= 15 is 0 Å². The van der Waals surface area contributed by atoms with Crippen LogP contribution in [0.3, 0.4) is 0 Å². The zero-order chi connectivity index (χ0) is 14.5. The first-order valence-electron chi connectivity index (χ1n) is 7.25. The Morgan fingerprint density at radius 3 is 2.52 bits per heavy atom. The van der Waals surface area contributed by atoms with Crippen molar-refractivity contribution in [2.24, 2.45) is 0 Å². The van der Waals surface area contributed by atoms with Crippen molar-refractivity contribution in [1.29, 1.82) is 0 Å². The first kappa shape index (κ1) is 13.6. The lowest BCUT2D eigenvalue weighted by molar-refractivity contribution is 0.102. The number of hydrogen-bond acceptors (Lipinski definition) is 3. The molecular weight excluding hydrogens is 262 g/mol. The highest BCUT2D eigenvalue weighted by Crippen LogP contribution is 2.20. The van der Waals surface area contributed by atoms with Gasteiger partial charge in [-0.2, -0.15) is 0 Å². The van der Waals surface area contributed by atoms with Gasteiger partial charge in [0, 0.05) is 43.1 Å². The lowest BCUT2D eigenvalue weighted by atomic mass is 10.2. The summed E-state index contributed by atoms with van der Waals surface area (Å²) >= 11 is 0. The van der Waals surface area contributed by atoms with E-state index in [2.05, 4.69) is 21.6 Å². The Morgan fingerprint density at radius 2 is 1.76 bits per heavy atom. The predicted molar refractivity (Wildman–Crippen MR) is 85.9 cm³/mol. The molecule has 1 amide bonds. The number of hydrogen-bond donors (Lipinski definition) is 2. The first-order chi connectivity index (χ1) is 10.3. The summed E-state index contributed by atoms with van der Waals surface area (Å²) in [7, 11) is 0. The SMILES string of the molecule is O=C(Nc1cccc(N2CCNCC2)c1)c1ccccc1. The highest BCUT2D eigenvalue weighted by molar-refractivity contribution is 6.04. The summed E-state index contributed by atoms with van der Waals surface area (Å²) in [6.45, 7) is 3.99. The molecule has 0 radical (unpaired) electrons. The molecule has 2 aromatic carbocycles. The number of carbonyl (C=O) groups is 1. The molecule has 0 aromatic heterocycles. The quantitative estimate of drug-likeness (QED) is 0.907. The Bertz CT molecular complexity index is 606. The topological polar surface area (TPSA) is 44.4 Å². The normalized spacial score (nSPS) is 14.8. The summed E-state index contributed by atoms with van der Waals surface area (Å²) in [5.74, 6) is -0.0759. The molecule has 0 saturated carbocycles. The zero-order valence-electron chi connectivity index (χ0n) is 11.9. The van der Waals surface area contributed by atoms with E-state index in [0.29, 0.717) is 5.56 Å². The Kier molecular flexibility index (Phi) is 4.17. The Labute approximate surface area is 124 Å². The van der Waals surface area contributed by atoms with Crippen molar-refractivity contribution < 1.29 is 4.79 Å². The number of carbonyl (C=O) groups excluding carboxylic acids is 1. The average molecular weight is 281 g/mol. The lowest BCUT2D eigenvalue weighted by Crippen LogP contribution is -2.43. The number of nitrogens with zero attached hydrogens (tertiary/aromatic N) is 1. The van der Waals surface area contributed by atoms with E-state index in [1.165, 1.54) is 0 Å². The molecule has 2 N–H and O–H groups in total. The fraction of sp³-hybridized carbons (Fsp3) is 0.235. The van der Waals surface area contributed by atoms with Crippen LogP contribution in [0.5, 0.6) is 0 Å². The minimum Gasteiger partial charge on any atom is -0.369 e. The maximum absolute atomic E-state index is 12.2. The molecule has 3 rings (SSSR count). The van der Waals surface area contributed by atoms with E-state index in [1.54, 1.807) is 0 Å². The average Bonchev–Trinajstić information content (AvgIpc) is 2.57. The predicted octanol–water partition coefficient (Wildman–Crippen LogP) is 2.35. The lowest BCUT2D eigenvalue weighted by Gasteiger charge is -2.29. The molecule has 1 aliphatic rings. The van der Waals surface area contributed by atoms with Crippen LogP contribution in [0.2, 0.25) is 0 Å². The minimum atomic E-state index is -0.0759. The van der Waals surface area contributed by atoms with Gasteiger partial charge in [-0.3, -0.25) is 4.79 Å². The molecule has 2 aromatic rings. The van der Waals surface area contributed by atoms with Crippen molar-refractivity contribution >= 4 is 17.3 Å². The van der Waals surface area contributed by atoms with E-state index in [1.807, 2.05) is 48.5 Å². The molecule has 1 saturated heterocycles. The molecule has 0 unspecified atom stereocenters. The fourth-order valence-electron chi connectivity index (χ4n) is 2.50. The van der Waals surface area contributed by atoms with Crippen LogP contribution in [0.15, 0.2) is 54.6 Å². The van der Waals surface area contributed by atoms with Gasteiger partial charge < -0.3 is 15.5 Å². The Hall–Kier alpha value is -2.33. The van der Waals surface area contributed by atoms with Crippen molar-refractivity contribution in [1.82, 2.24) is 5.32 Å². The van der Waals surface area contributed by atoms with Crippen LogP contribution in [0.1, 0.15) is 10.4 Å². The van der Waals surface area contributed by atoms with Crippen molar-refractivity contribution in [3.8, 4) is 0 Å². The second-order valence-corrected chi connectivity index (χ2v) is 5.11. The summed E-state index contributed by atoms with van der Waals surface area (Å²) in [6.07, 6.45) is 0. The third-order valence-corrected chi connectivity index (χ3v) is 3.62. The van der Waals surface area contributed by atoms with Gasteiger partial charge in [-0.1, -0.05) is 24.3 Å². The minimum absolute atomic E-state index is 0.0759.